The molecule has 1 aliphatic heterocycles. The van der Waals surface area contributed by atoms with Gasteiger partial charge in [-0.1, -0.05) is 5.16 Å². The van der Waals surface area contributed by atoms with Crippen LogP contribution < -0.4 is 5.73 Å². The highest BCUT2D eigenvalue weighted by molar-refractivity contribution is 5.85. The van der Waals surface area contributed by atoms with Gasteiger partial charge in [-0.2, -0.15) is 4.98 Å². The maximum absolute atomic E-state index is 5.62. The summed E-state index contributed by atoms with van der Waals surface area (Å²) in [6, 6.07) is 0. The van der Waals surface area contributed by atoms with E-state index in [1.54, 1.807) is 7.11 Å². The summed E-state index contributed by atoms with van der Waals surface area (Å²) in [5.41, 5.74) is 5.54. The van der Waals surface area contributed by atoms with Crippen molar-refractivity contribution in [3.63, 3.8) is 0 Å². The van der Waals surface area contributed by atoms with E-state index < -0.39 is 0 Å². The van der Waals surface area contributed by atoms with Crippen molar-refractivity contribution in [3.8, 4) is 0 Å². The zero-order valence-corrected chi connectivity index (χ0v) is 11.9. The lowest BCUT2D eigenvalue weighted by Gasteiger charge is -2.31. The summed E-state index contributed by atoms with van der Waals surface area (Å²) in [4.78, 5) is 6.51. The predicted molar refractivity (Wildman–Crippen MR) is 70.9 cm³/mol. The highest BCUT2D eigenvalue weighted by Crippen LogP contribution is 2.11. The van der Waals surface area contributed by atoms with Gasteiger partial charge in [0.25, 0.3) is 5.89 Å². The first-order valence-corrected chi connectivity index (χ1v) is 6.16. The van der Waals surface area contributed by atoms with Gasteiger partial charge in [-0.25, -0.2) is 0 Å². The number of methoxy groups -OCH3 is 1. The second-order valence-corrected chi connectivity index (χ2v) is 4.34. The Kier molecular flexibility index (Phi) is 7.25. The largest absolute Gasteiger partial charge is 0.376 e. The van der Waals surface area contributed by atoms with Gasteiger partial charge >= 0.3 is 0 Å². The van der Waals surface area contributed by atoms with Gasteiger partial charge in [0.2, 0.25) is 0 Å². The maximum Gasteiger partial charge on any atom is 0.252 e. The molecule has 1 fully saturated rings. The molecular formula is C11H21ClN4O3. The standard InChI is InChI=1S/C11H20N4O3.ClH/c1-16-8-11-13-10(14-18-11)7-15-4-5-17-9(6-15)2-3-12;/h9H,2-8,12H2,1H3;1H. The van der Waals surface area contributed by atoms with Crippen molar-refractivity contribution in [1.29, 1.82) is 0 Å². The first-order valence-electron chi connectivity index (χ1n) is 6.16. The number of ether oxygens (including phenoxy) is 2. The highest BCUT2D eigenvalue weighted by Gasteiger charge is 2.21. The van der Waals surface area contributed by atoms with E-state index in [-0.39, 0.29) is 18.5 Å². The zero-order chi connectivity index (χ0) is 12.8. The third kappa shape index (κ3) is 5.04. The first kappa shape index (κ1) is 16.3. The lowest BCUT2D eigenvalue weighted by Crippen LogP contribution is -2.42. The molecule has 0 spiro atoms. The van der Waals surface area contributed by atoms with E-state index in [1.165, 1.54) is 0 Å². The summed E-state index contributed by atoms with van der Waals surface area (Å²) in [5.74, 6) is 1.20. The van der Waals surface area contributed by atoms with Crippen LogP contribution in [0.15, 0.2) is 4.52 Å². The average Bonchev–Trinajstić information content (AvgIpc) is 2.78. The monoisotopic (exact) mass is 292 g/mol. The number of morpholine rings is 1. The summed E-state index contributed by atoms with van der Waals surface area (Å²) in [7, 11) is 1.60. The van der Waals surface area contributed by atoms with Crippen LogP contribution in [0.5, 0.6) is 0 Å². The third-order valence-corrected chi connectivity index (χ3v) is 2.85. The van der Waals surface area contributed by atoms with Gasteiger partial charge in [0.05, 0.1) is 19.3 Å². The molecule has 0 saturated carbocycles. The molecule has 1 aromatic heterocycles. The molecule has 8 heteroatoms. The molecule has 0 amide bonds. The Labute approximate surface area is 118 Å². The highest BCUT2D eigenvalue weighted by atomic mass is 35.5. The summed E-state index contributed by atoms with van der Waals surface area (Å²) in [6.07, 6.45) is 1.10. The number of hydrogen-bond donors (Lipinski definition) is 1. The van der Waals surface area contributed by atoms with E-state index in [1.807, 2.05) is 0 Å². The molecule has 2 rings (SSSR count). The van der Waals surface area contributed by atoms with Crippen LogP contribution in [0.2, 0.25) is 0 Å². The van der Waals surface area contributed by atoms with Crippen LogP contribution in [-0.4, -0.2) is 54.5 Å². The number of nitrogens with two attached hydrogens (primary N) is 1. The Hall–Kier alpha value is -0.730. The predicted octanol–water partition coefficient (Wildman–Crippen LogP) is 0.187. The Bertz CT molecular complexity index is 361. The Morgan fingerprint density at radius 3 is 3.11 bits per heavy atom. The summed E-state index contributed by atoms with van der Waals surface area (Å²) < 4.78 is 15.6. The van der Waals surface area contributed by atoms with E-state index >= 15 is 0 Å². The van der Waals surface area contributed by atoms with Gasteiger partial charge in [0.1, 0.15) is 6.61 Å². The molecule has 2 heterocycles. The normalized spacial score (nSPS) is 20.2. The summed E-state index contributed by atoms with van der Waals surface area (Å²) in [5, 5.41) is 3.93. The van der Waals surface area contributed by atoms with Crippen LogP contribution in [-0.2, 0) is 22.6 Å². The van der Waals surface area contributed by atoms with Crippen molar-refractivity contribution in [1.82, 2.24) is 15.0 Å². The Balaban J connectivity index is 0.00000180. The molecule has 0 aliphatic carbocycles. The zero-order valence-electron chi connectivity index (χ0n) is 11.1. The topological polar surface area (TPSA) is 86.6 Å². The van der Waals surface area contributed by atoms with E-state index in [9.17, 15) is 0 Å². The van der Waals surface area contributed by atoms with E-state index in [4.69, 9.17) is 19.7 Å². The maximum atomic E-state index is 5.62. The number of rotatable bonds is 6. The molecule has 1 atom stereocenters. The fourth-order valence-corrected chi connectivity index (χ4v) is 2.02. The molecule has 1 aliphatic rings. The minimum Gasteiger partial charge on any atom is -0.376 e. The average molecular weight is 293 g/mol. The molecule has 7 nitrogen and oxygen atoms in total. The quantitative estimate of drug-likeness (QED) is 0.801. The van der Waals surface area contributed by atoms with Crippen LogP contribution in [0, 0.1) is 0 Å². The number of hydrogen-bond acceptors (Lipinski definition) is 7. The molecule has 1 saturated heterocycles. The number of halogens is 1. The van der Waals surface area contributed by atoms with Crippen molar-refractivity contribution >= 4 is 12.4 Å². The van der Waals surface area contributed by atoms with Crippen LogP contribution in [0.1, 0.15) is 18.1 Å². The SMILES string of the molecule is COCc1nc(CN2CCOC(CCN)C2)no1.Cl. The van der Waals surface area contributed by atoms with Crippen molar-refractivity contribution in [3.05, 3.63) is 11.7 Å². The molecule has 1 aromatic rings. The second-order valence-electron chi connectivity index (χ2n) is 4.34. The molecule has 19 heavy (non-hydrogen) atoms. The minimum absolute atomic E-state index is 0. The first-order chi connectivity index (χ1) is 8.81. The number of nitrogens with zero attached hydrogens (tertiary/aromatic N) is 3. The van der Waals surface area contributed by atoms with Gasteiger partial charge in [-0.15, -0.1) is 12.4 Å². The smallest absolute Gasteiger partial charge is 0.252 e. The van der Waals surface area contributed by atoms with Crippen molar-refractivity contribution in [2.75, 3.05) is 33.4 Å². The molecule has 0 aromatic carbocycles. The Morgan fingerprint density at radius 1 is 1.53 bits per heavy atom. The molecule has 1 unspecified atom stereocenters. The van der Waals surface area contributed by atoms with E-state index in [2.05, 4.69) is 15.0 Å². The van der Waals surface area contributed by atoms with Crippen LogP contribution in [0.3, 0.4) is 0 Å². The van der Waals surface area contributed by atoms with Crippen LogP contribution in [0.4, 0.5) is 0 Å². The van der Waals surface area contributed by atoms with E-state index in [0.29, 0.717) is 31.4 Å². The lowest BCUT2D eigenvalue weighted by atomic mass is 10.2. The molecule has 110 valence electrons. The van der Waals surface area contributed by atoms with Crippen LogP contribution >= 0.6 is 12.4 Å². The van der Waals surface area contributed by atoms with Gasteiger partial charge in [0.15, 0.2) is 5.82 Å². The van der Waals surface area contributed by atoms with Crippen molar-refractivity contribution in [2.45, 2.75) is 25.7 Å². The molecule has 2 N–H and O–H groups in total. The number of aromatic nitrogens is 2. The molecule has 0 radical (unpaired) electrons. The second kappa shape index (κ2) is 8.44. The van der Waals surface area contributed by atoms with Gasteiger partial charge in [0, 0.05) is 20.2 Å². The van der Waals surface area contributed by atoms with Gasteiger partial charge in [-0.05, 0) is 13.0 Å². The van der Waals surface area contributed by atoms with Crippen molar-refractivity contribution in [2.24, 2.45) is 5.73 Å². The third-order valence-electron chi connectivity index (χ3n) is 2.85. The summed E-state index contributed by atoms with van der Waals surface area (Å²) >= 11 is 0. The Morgan fingerprint density at radius 2 is 2.37 bits per heavy atom. The fourth-order valence-electron chi connectivity index (χ4n) is 2.02. The minimum atomic E-state index is 0. The van der Waals surface area contributed by atoms with Crippen LogP contribution in [0.25, 0.3) is 0 Å². The van der Waals surface area contributed by atoms with Gasteiger partial charge in [-0.3, -0.25) is 4.90 Å². The van der Waals surface area contributed by atoms with Gasteiger partial charge < -0.3 is 19.7 Å². The molecular weight excluding hydrogens is 272 g/mol. The van der Waals surface area contributed by atoms with Crippen molar-refractivity contribution < 1.29 is 14.0 Å². The molecule has 0 bridgehead atoms. The fraction of sp³-hybridized carbons (Fsp3) is 0.818. The lowest BCUT2D eigenvalue weighted by molar-refractivity contribution is -0.0344. The van der Waals surface area contributed by atoms with E-state index in [0.717, 1.165) is 26.1 Å². The summed E-state index contributed by atoms with van der Waals surface area (Å²) in [6.45, 7) is 4.16.